The van der Waals surface area contributed by atoms with Gasteiger partial charge in [0.2, 0.25) is 0 Å². The summed E-state index contributed by atoms with van der Waals surface area (Å²) >= 11 is 5.70. The van der Waals surface area contributed by atoms with Crippen LogP contribution >= 0.6 is 11.6 Å². The van der Waals surface area contributed by atoms with E-state index in [1.165, 1.54) is 13.2 Å². The zero-order valence-corrected chi connectivity index (χ0v) is 13.5. The summed E-state index contributed by atoms with van der Waals surface area (Å²) in [5.41, 5.74) is 1.11. The van der Waals surface area contributed by atoms with Crippen molar-refractivity contribution in [2.45, 2.75) is 19.5 Å². The lowest BCUT2D eigenvalue weighted by molar-refractivity contribution is 0.237. The number of benzene rings is 1. The summed E-state index contributed by atoms with van der Waals surface area (Å²) in [7, 11) is 1.46. The molecule has 7 heteroatoms. The highest BCUT2D eigenvalue weighted by atomic mass is 35.5. The van der Waals surface area contributed by atoms with E-state index >= 15 is 0 Å². The first-order chi connectivity index (χ1) is 11.0. The van der Waals surface area contributed by atoms with Crippen LogP contribution in [0.1, 0.15) is 24.1 Å². The van der Waals surface area contributed by atoms with Gasteiger partial charge in [0.25, 0.3) is 0 Å². The second kappa shape index (κ2) is 7.78. The van der Waals surface area contributed by atoms with E-state index in [0.717, 1.165) is 5.56 Å². The first-order valence-electron chi connectivity index (χ1n) is 6.98. The molecule has 0 aliphatic heterocycles. The third-order valence-corrected chi connectivity index (χ3v) is 3.48. The Bertz CT molecular complexity index is 680. The highest BCUT2D eigenvalue weighted by Crippen LogP contribution is 2.27. The molecule has 0 radical (unpaired) electrons. The first-order valence-corrected chi connectivity index (χ1v) is 7.36. The number of carbonyl (C=O) groups is 1. The molecular formula is C16H17ClFN3O2. The van der Waals surface area contributed by atoms with E-state index in [1.807, 2.05) is 0 Å². The zero-order chi connectivity index (χ0) is 16.8. The van der Waals surface area contributed by atoms with E-state index in [2.05, 4.69) is 15.6 Å². The molecule has 5 nitrogen and oxygen atoms in total. The van der Waals surface area contributed by atoms with Crippen molar-refractivity contribution in [3.63, 3.8) is 0 Å². The number of urea groups is 1. The maximum absolute atomic E-state index is 14.0. The zero-order valence-electron chi connectivity index (χ0n) is 12.8. The second-order valence-electron chi connectivity index (χ2n) is 4.89. The molecule has 0 aliphatic carbocycles. The largest absolute Gasteiger partial charge is 0.496 e. The van der Waals surface area contributed by atoms with Crippen LogP contribution in [0.5, 0.6) is 5.75 Å². The number of halogens is 2. The maximum atomic E-state index is 14.0. The van der Waals surface area contributed by atoms with E-state index < -0.39 is 17.9 Å². The molecule has 0 bridgehead atoms. The lowest BCUT2D eigenvalue weighted by atomic mass is 10.1. The molecule has 0 fully saturated rings. The summed E-state index contributed by atoms with van der Waals surface area (Å²) in [6.07, 6.45) is 1.58. The third kappa shape index (κ3) is 4.56. The minimum atomic E-state index is -0.547. The predicted octanol–water partition coefficient (Wildman–Crippen LogP) is 3.44. The molecule has 2 aromatic rings. The second-order valence-corrected chi connectivity index (χ2v) is 5.28. The molecule has 0 saturated heterocycles. The quantitative estimate of drug-likeness (QED) is 0.821. The molecule has 2 rings (SSSR count). The number of nitrogens with one attached hydrogen (secondary N) is 2. The number of nitrogens with zero attached hydrogens (tertiary/aromatic N) is 1. The topological polar surface area (TPSA) is 63.2 Å². The lowest BCUT2D eigenvalue weighted by Gasteiger charge is -2.18. The van der Waals surface area contributed by atoms with Gasteiger partial charge in [0.05, 0.1) is 18.7 Å². The molecule has 1 heterocycles. The van der Waals surface area contributed by atoms with Crippen molar-refractivity contribution in [2.24, 2.45) is 0 Å². The van der Waals surface area contributed by atoms with Crippen LogP contribution in [0.2, 0.25) is 5.15 Å². The molecule has 1 aromatic heterocycles. The van der Waals surface area contributed by atoms with Crippen molar-refractivity contribution in [3.05, 3.63) is 58.6 Å². The Morgan fingerprint density at radius 1 is 1.39 bits per heavy atom. The van der Waals surface area contributed by atoms with E-state index in [4.69, 9.17) is 16.3 Å². The summed E-state index contributed by atoms with van der Waals surface area (Å²) in [6, 6.07) is 6.97. The fraction of sp³-hybridized carbons (Fsp3) is 0.250. The standard InChI is InChI=1S/C16H17ClFN3O2/c1-10(15-12(18)4-3-5-13(15)23-2)21-16(22)20-9-11-6-7-14(17)19-8-11/h3-8,10H,9H2,1-2H3,(H2,20,21,22). The Balaban J connectivity index is 1.96. The SMILES string of the molecule is COc1cccc(F)c1C(C)NC(=O)NCc1ccc(Cl)nc1. The van der Waals surface area contributed by atoms with Crippen LogP contribution in [-0.4, -0.2) is 18.1 Å². The van der Waals surface area contributed by atoms with Gasteiger partial charge in [-0.2, -0.15) is 0 Å². The summed E-state index contributed by atoms with van der Waals surface area (Å²) in [5, 5.41) is 5.74. The van der Waals surface area contributed by atoms with Crippen LogP contribution in [0.3, 0.4) is 0 Å². The molecule has 2 amide bonds. The minimum Gasteiger partial charge on any atom is -0.496 e. The van der Waals surface area contributed by atoms with Crippen molar-refractivity contribution < 1.29 is 13.9 Å². The summed E-state index contributed by atoms with van der Waals surface area (Å²) in [6.45, 7) is 1.97. The fourth-order valence-corrected chi connectivity index (χ4v) is 2.24. The number of aromatic nitrogens is 1. The van der Waals surface area contributed by atoms with Gasteiger partial charge in [-0.15, -0.1) is 0 Å². The summed E-state index contributed by atoms with van der Waals surface area (Å²) in [5.74, 6) is -0.0428. The van der Waals surface area contributed by atoms with Gasteiger partial charge in [0, 0.05) is 12.7 Å². The number of ether oxygens (including phenoxy) is 1. The van der Waals surface area contributed by atoms with Crippen LogP contribution in [0.4, 0.5) is 9.18 Å². The average molecular weight is 338 g/mol. The van der Waals surface area contributed by atoms with Gasteiger partial charge in [-0.3, -0.25) is 0 Å². The van der Waals surface area contributed by atoms with Crippen LogP contribution in [0.25, 0.3) is 0 Å². The minimum absolute atomic E-state index is 0.289. The van der Waals surface area contributed by atoms with Gasteiger partial charge >= 0.3 is 6.03 Å². The van der Waals surface area contributed by atoms with Crippen molar-refractivity contribution in [1.29, 1.82) is 0 Å². The van der Waals surface area contributed by atoms with Crippen molar-refractivity contribution in [3.8, 4) is 5.75 Å². The Hall–Kier alpha value is -2.34. The van der Waals surface area contributed by atoms with Crippen molar-refractivity contribution in [1.82, 2.24) is 15.6 Å². The normalized spacial score (nSPS) is 11.7. The number of amides is 2. The Morgan fingerprint density at radius 2 is 2.17 bits per heavy atom. The number of rotatable bonds is 5. The van der Waals surface area contributed by atoms with Gasteiger partial charge in [-0.1, -0.05) is 23.7 Å². The van der Waals surface area contributed by atoms with Crippen LogP contribution in [0.15, 0.2) is 36.5 Å². The number of hydrogen-bond acceptors (Lipinski definition) is 3. The molecule has 1 atom stereocenters. The van der Waals surface area contributed by atoms with E-state index in [1.54, 1.807) is 37.4 Å². The smallest absolute Gasteiger partial charge is 0.315 e. The van der Waals surface area contributed by atoms with Gasteiger partial charge in [0.15, 0.2) is 0 Å². The Labute approximate surface area is 138 Å². The molecule has 0 spiro atoms. The first kappa shape index (κ1) is 17.0. The maximum Gasteiger partial charge on any atom is 0.315 e. The number of pyridine rings is 1. The predicted molar refractivity (Wildman–Crippen MR) is 86.0 cm³/mol. The fourth-order valence-electron chi connectivity index (χ4n) is 2.13. The number of carbonyl (C=O) groups excluding carboxylic acids is 1. The van der Waals surface area contributed by atoms with Crippen LogP contribution < -0.4 is 15.4 Å². The van der Waals surface area contributed by atoms with E-state index in [-0.39, 0.29) is 6.54 Å². The highest BCUT2D eigenvalue weighted by molar-refractivity contribution is 6.29. The Kier molecular flexibility index (Phi) is 5.76. The monoisotopic (exact) mass is 337 g/mol. The van der Waals surface area contributed by atoms with Crippen LogP contribution in [0, 0.1) is 5.82 Å². The molecule has 1 aromatic carbocycles. The van der Waals surface area contributed by atoms with Crippen LogP contribution in [-0.2, 0) is 6.54 Å². The number of methoxy groups -OCH3 is 1. The third-order valence-electron chi connectivity index (χ3n) is 3.26. The highest BCUT2D eigenvalue weighted by Gasteiger charge is 2.18. The molecular weight excluding hydrogens is 321 g/mol. The van der Waals surface area contributed by atoms with E-state index in [9.17, 15) is 9.18 Å². The van der Waals surface area contributed by atoms with Crippen molar-refractivity contribution >= 4 is 17.6 Å². The number of hydrogen-bond donors (Lipinski definition) is 2. The molecule has 122 valence electrons. The summed E-state index contributed by atoms with van der Waals surface area (Å²) in [4.78, 5) is 15.9. The average Bonchev–Trinajstić information content (AvgIpc) is 2.53. The van der Waals surface area contributed by atoms with Gasteiger partial charge in [0.1, 0.15) is 16.7 Å². The van der Waals surface area contributed by atoms with Crippen molar-refractivity contribution in [2.75, 3.05) is 7.11 Å². The Morgan fingerprint density at radius 3 is 2.83 bits per heavy atom. The molecule has 0 saturated carbocycles. The lowest BCUT2D eigenvalue weighted by Crippen LogP contribution is -2.37. The van der Waals surface area contributed by atoms with E-state index in [0.29, 0.717) is 16.5 Å². The molecule has 2 N–H and O–H groups in total. The van der Waals surface area contributed by atoms with Gasteiger partial charge in [-0.05, 0) is 30.7 Å². The molecule has 1 unspecified atom stereocenters. The van der Waals surface area contributed by atoms with Gasteiger partial charge in [-0.25, -0.2) is 14.2 Å². The molecule has 0 aliphatic rings. The molecule has 23 heavy (non-hydrogen) atoms. The summed E-state index contributed by atoms with van der Waals surface area (Å²) < 4.78 is 19.1. The van der Waals surface area contributed by atoms with Gasteiger partial charge < -0.3 is 15.4 Å².